The first-order valence-corrected chi connectivity index (χ1v) is 16.9. The zero-order chi connectivity index (χ0) is 29.2. The van der Waals surface area contributed by atoms with E-state index in [1.165, 1.54) is 45.1 Å². The number of carbonyl (C=O) groups excluding carboxylic acids is 1. The number of benzene rings is 1. The van der Waals surface area contributed by atoms with Crippen LogP contribution in [0.3, 0.4) is 0 Å². The van der Waals surface area contributed by atoms with Crippen molar-refractivity contribution < 1.29 is 26.9 Å². The third-order valence-electron chi connectivity index (χ3n) is 12.2. The van der Waals surface area contributed by atoms with Crippen LogP contribution in [0.1, 0.15) is 82.6 Å². The van der Waals surface area contributed by atoms with Crippen LogP contribution in [0.2, 0.25) is 0 Å². The van der Waals surface area contributed by atoms with Gasteiger partial charge in [-0.05, 0) is 97.7 Å². The van der Waals surface area contributed by atoms with E-state index in [0.29, 0.717) is 17.9 Å². The van der Waals surface area contributed by atoms with Crippen molar-refractivity contribution in [3.05, 3.63) is 53.5 Å². The summed E-state index contributed by atoms with van der Waals surface area (Å²) in [4.78, 5) is 14.8. The smallest absolute Gasteiger partial charge is 0.275 e. The molecule has 1 aromatic carbocycles. The number of fused-ring (bicyclic) bond motifs is 3. The molecule has 0 radical (unpaired) electrons. The molecule has 5 aliphatic rings. The van der Waals surface area contributed by atoms with Gasteiger partial charge in [0, 0.05) is 29.8 Å². The number of piperidine rings is 1. The van der Waals surface area contributed by atoms with Crippen LogP contribution in [0.4, 0.5) is 0 Å². The molecule has 2 aromatic rings. The Balaban J connectivity index is 0.000000172. The molecule has 8 heteroatoms. The lowest BCUT2D eigenvalue weighted by Crippen LogP contribution is -2.61. The minimum Gasteiger partial charge on any atom is -0.497 e. The number of furan rings is 1. The molecule has 2 heterocycles. The van der Waals surface area contributed by atoms with Crippen molar-refractivity contribution in [3.63, 3.8) is 0 Å². The van der Waals surface area contributed by atoms with Crippen LogP contribution in [-0.4, -0.2) is 55.1 Å². The molecule has 1 aliphatic heterocycles. The number of ketones is 1. The third-order valence-corrected chi connectivity index (χ3v) is 13.4. The van der Waals surface area contributed by atoms with Gasteiger partial charge in [-0.25, -0.2) is 0 Å². The minimum atomic E-state index is -4.24. The van der Waals surface area contributed by atoms with Crippen LogP contribution in [-0.2, 0) is 33.2 Å². The fraction of sp³-hybridized carbons (Fsp3) is 0.667. The first-order valence-electron chi connectivity index (χ1n) is 15.4. The Labute approximate surface area is 244 Å². The first kappa shape index (κ1) is 28.9. The molecule has 3 saturated carbocycles. The van der Waals surface area contributed by atoms with Gasteiger partial charge in [0.1, 0.15) is 16.8 Å². The van der Waals surface area contributed by atoms with Crippen LogP contribution in [0, 0.1) is 22.7 Å². The molecule has 7 nitrogen and oxygen atoms in total. The third kappa shape index (κ3) is 4.51. The number of nitrogens with zero attached hydrogens (tertiary/aromatic N) is 1. The van der Waals surface area contributed by atoms with Gasteiger partial charge in [0.2, 0.25) is 0 Å². The molecule has 41 heavy (non-hydrogen) atoms. The largest absolute Gasteiger partial charge is 0.497 e. The molecular formula is C33H45NO6S. The van der Waals surface area contributed by atoms with Gasteiger partial charge in [0.25, 0.3) is 10.1 Å². The fourth-order valence-corrected chi connectivity index (χ4v) is 10.9. The summed E-state index contributed by atoms with van der Waals surface area (Å²) in [5.74, 6) is 2.42. The fourth-order valence-electron chi connectivity index (χ4n) is 9.52. The summed E-state index contributed by atoms with van der Waals surface area (Å²) in [6.07, 6.45) is 12.3. The lowest BCUT2D eigenvalue weighted by molar-refractivity contribution is -0.128. The van der Waals surface area contributed by atoms with Crippen LogP contribution < -0.4 is 4.74 Å². The van der Waals surface area contributed by atoms with E-state index >= 15 is 0 Å². The van der Waals surface area contributed by atoms with E-state index in [1.54, 1.807) is 24.5 Å². The molecule has 1 aromatic heterocycles. The second-order valence-electron chi connectivity index (χ2n) is 13.9. The standard InChI is InChI=1S/C23H29NO2.C10H16O4S/c1-25-19-8-7-17-15-22-20-6-2-3-10-23(20,21(17)16-19)11-13-24(22)12-9-18-5-4-14-26-18;1-9(2)6-4-5-10(9,3)8(11)7(6)15(12,13)14/h4-5,7-8,14,16,20,22H,2-3,6,9-13,15H2,1H3;6-7H,4-5H2,1-3H3,(H,12,13,14)/t20-,22+,23+;/m0./s1. The lowest BCUT2D eigenvalue weighted by Gasteiger charge is -2.59. The maximum absolute atomic E-state index is 12.0. The summed E-state index contributed by atoms with van der Waals surface area (Å²) in [6, 6.07) is 11.7. The van der Waals surface area contributed by atoms with Crippen molar-refractivity contribution in [1.82, 2.24) is 4.90 Å². The molecule has 4 aliphatic carbocycles. The number of ether oxygens (including phenoxy) is 1. The van der Waals surface area contributed by atoms with E-state index in [0.717, 1.165) is 36.8 Å². The zero-order valence-electron chi connectivity index (χ0n) is 24.9. The average Bonchev–Trinajstić information content (AvgIpc) is 3.58. The molecule has 6 atom stereocenters. The van der Waals surface area contributed by atoms with Crippen molar-refractivity contribution in [2.75, 3.05) is 20.2 Å². The maximum Gasteiger partial charge on any atom is 0.275 e. The van der Waals surface area contributed by atoms with E-state index in [9.17, 15) is 13.2 Å². The van der Waals surface area contributed by atoms with Gasteiger partial charge in [0.05, 0.1) is 13.4 Å². The van der Waals surface area contributed by atoms with Crippen molar-refractivity contribution in [1.29, 1.82) is 0 Å². The van der Waals surface area contributed by atoms with Crippen molar-refractivity contribution in [2.24, 2.45) is 22.7 Å². The molecular weight excluding hydrogens is 538 g/mol. The summed E-state index contributed by atoms with van der Waals surface area (Å²) in [6.45, 7) is 8.01. The highest BCUT2D eigenvalue weighted by Gasteiger charge is 2.69. The second-order valence-corrected chi connectivity index (χ2v) is 15.5. The Hall–Kier alpha value is -2.16. The molecule has 0 spiro atoms. The number of carbonyl (C=O) groups is 1. The number of hydrogen-bond donors (Lipinski definition) is 1. The predicted octanol–water partition coefficient (Wildman–Crippen LogP) is 5.86. The molecule has 3 unspecified atom stereocenters. The second kappa shape index (κ2) is 10.2. The van der Waals surface area contributed by atoms with Crippen LogP contribution in [0.25, 0.3) is 0 Å². The Morgan fingerprint density at radius 3 is 2.51 bits per heavy atom. The topological polar surface area (TPSA) is 97.0 Å². The highest BCUT2D eigenvalue weighted by atomic mass is 32.2. The molecule has 7 rings (SSSR count). The van der Waals surface area contributed by atoms with Crippen LogP contribution >= 0.6 is 0 Å². The summed E-state index contributed by atoms with van der Waals surface area (Å²) in [7, 11) is -2.45. The van der Waals surface area contributed by atoms with E-state index in [2.05, 4.69) is 29.2 Å². The Bertz CT molecular complexity index is 1400. The van der Waals surface area contributed by atoms with Crippen LogP contribution in [0.5, 0.6) is 5.75 Å². The van der Waals surface area contributed by atoms with E-state index in [4.69, 9.17) is 13.7 Å². The SMILES string of the molecule is CC12CCC(C(S(=O)(=O)O)C1=O)C2(C)C.COc1ccc2c(c1)[C@@]13CCCC[C@H]1[C@@H](C2)N(CCc1ccco1)CC3. The van der Waals surface area contributed by atoms with Gasteiger partial charge in [0.15, 0.2) is 5.78 Å². The molecule has 1 N–H and O–H groups in total. The number of likely N-dealkylation sites (tertiary alicyclic amines) is 1. The monoisotopic (exact) mass is 583 g/mol. The van der Waals surface area contributed by atoms with Gasteiger partial charge in [-0.15, -0.1) is 0 Å². The molecule has 1 saturated heterocycles. The van der Waals surface area contributed by atoms with Crippen molar-refractivity contribution in [2.45, 2.75) is 95.3 Å². The Morgan fingerprint density at radius 2 is 1.88 bits per heavy atom. The highest BCUT2D eigenvalue weighted by Crippen LogP contribution is 2.64. The minimum absolute atomic E-state index is 0.231. The number of rotatable bonds is 5. The quantitative estimate of drug-likeness (QED) is 0.441. The van der Waals surface area contributed by atoms with Crippen molar-refractivity contribution >= 4 is 15.9 Å². The number of hydrogen-bond acceptors (Lipinski definition) is 6. The molecule has 4 bridgehead atoms. The predicted molar refractivity (Wildman–Crippen MR) is 158 cm³/mol. The van der Waals surface area contributed by atoms with Gasteiger partial charge < -0.3 is 9.15 Å². The summed E-state index contributed by atoms with van der Waals surface area (Å²) < 4.78 is 42.7. The average molecular weight is 584 g/mol. The normalized spacial score (nSPS) is 35.3. The molecule has 4 fully saturated rings. The first-order chi connectivity index (χ1) is 19.4. The summed E-state index contributed by atoms with van der Waals surface area (Å²) in [5.41, 5.74) is 2.66. The lowest BCUT2D eigenvalue weighted by atomic mass is 9.52. The number of methoxy groups -OCH3 is 1. The van der Waals surface area contributed by atoms with Gasteiger partial charge in [-0.3, -0.25) is 14.2 Å². The van der Waals surface area contributed by atoms with Gasteiger partial charge in [-0.2, -0.15) is 8.42 Å². The van der Waals surface area contributed by atoms with Gasteiger partial charge >= 0.3 is 0 Å². The molecule has 0 amide bonds. The Morgan fingerprint density at radius 1 is 1.07 bits per heavy atom. The highest BCUT2D eigenvalue weighted by molar-refractivity contribution is 7.87. The van der Waals surface area contributed by atoms with Crippen LogP contribution in [0.15, 0.2) is 41.0 Å². The van der Waals surface area contributed by atoms with E-state index in [-0.39, 0.29) is 17.1 Å². The van der Waals surface area contributed by atoms with Gasteiger partial charge in [-0.1, -0.05) is 39.7 Å². The zero-order valence-corrected chi connectivity index (χ0v) is 25.7. The molecule has 224 valence electrons. The summed E-state index contributed by atoms with van der Waals surface area (Å²) >= 11 is 0. The number of Topliss-reactive ketones (excluding diaryl/α,β-unsaturated/α-hetero) is 1. The van der Waals surface area contributed by atoms with Crippen molar-refractivity contribution in [3.8, 4) is 5.75 Å². The van der Waals surface area contributed by atoms with E-state index < -0.39 is 20.8 Å². The Kier molecular flexibility index (Phi) is 7.22. The summed E-state index contributed by atoms with van der Waals surface area (Å²) in [5, 5.41) is -1.19. The van der Waals surface area contributed by atoms with E-state index in [1.807, 2.05) is 26.8 Å². The maximum atomic E-state index is 12.0.